The quantitative estimate of drug-likeness (QED) is 0.806. The Labute approximate surface area is 119 Å². The van der Waals surface area contributed by atoms with Crippen LogP contribution < -0.4 is 15.8 Å². The van der Waals surface area contributed by atoms with Gasteiger partial charge in [-0.15, -0.1) is 0 Å². The van der Waals surface area contributed by atoms with Gasteiger partial charge in [0.25, 0.3) is 5.91 Å². The van der Waals surface area contributed by atoms with Crippen molar-refractivity contribution >= 4 is 11.6 Å². The number of nitrogens with one attached hydrogen (secondary N) is 1. The first-order chi connectivity index (χ1) is 9.70. The van der Waals surface area contributed by atoms with Gasteiger partial charge in [0.2, 0.25) is 0 Å². The monoisotopic (exact) mass is 278 g/mol. The van der Waals surface area contributed by atoms with Crippen molar-refractivity contribution in [3.8, 4) is 5.75 Å². The van der Waals surface area contributed by atoms with Crippen LogP contribution in [0.4, 0.5) is 5.69 Å². The summed E-state index contributed by atoms with van der Waals surface area (Å²) in [5, 5.41) is 2.78. The summed E-state index contributed by atoms with van der Waals surface area (Å²) < 4.78 is 11.2. The Kier molecular flexibility index (Phi) is 5.24. The highest BCUT2D eigenvalue weighted by atomic mass is 16.5. The number of benzene rings is 1. The molecule has 1 aromatic rings. The maximum Gasteiger partial charge on any atom is 0.255 e. The van der Waals surface area contributed by atoms with Crippen LogP contribution in [0.1, 0.15) is 30.1 Å². The van der Waals surface area contributed by atoms with Crippen molar-refractivity contribution in [2.45, 2.75) is 19.8 Å². The van der Waals surface area contributed by atoms with Crippen LogP contribution in [0, 0.1) is 5.92 Å². The summed E-state index contributed by atoms with van der Waals surface area (Å²) in [5.74, 6) is 0.907. The molecule has 5 nitrogen and oxygen atoms in total. The molecular formula is C15H22N2O3. The molecule has 1 aliphatic rings. The van der Waals surface area contributed by atoms with E-state index in [0.717, 1.165) is 26.1 Å². The number of nitrogens with two attached hydrogens (primary N) is 1. The Bertz CT molecular complexity index is 456. The standard InChI is InChI=1S/C15H22N2O3/c1-2-17-15(18)13-4-3-12(16)9-14(13)20-10-11-5-7-19-8-6-11/h3-4,9,11H,2,5-8,10,16H2,1H3,(H,17,18). The van der Waals surface area contributed by atoms with Gasteiger partial charge in [-0.1, -0.05) is 0 Å². The van der Waals surface area contributed by atoms with E-state index in [1.54, 1.807) is 18.2 Å². The Morgan fingerprint density at radius 1 is 1.45 bits per heavy atom. The fraction of sp³-hybridized carbons (Fsp3) is 0.533. The summed E-state index contributed by atoms with van der Waals surface area (Å²) in [4.78, 5) is 12.0. The summed E-state index contributed by atoms with van der Waals surface area (Å²) in [5.41, 5.74) is 6.91. The number of carbonyl (C=O) groups is 1. The number of amides is 1. The number of nitrogen functional groups attached to an aromatic ring is 1. The predicted molar refractivity (Wildman–Crippen MR) is 77.9 cm³/mol. The van der Waals surface area contributed by atoms with Crippen molar-refractivity contribution in [2.75, 3.05) is 32.1 Å². The minimum Gasteiger partial charge on any atom is -0.492 e. The highest BCUT2D eigenvalue weighted by Crippen LogP contribution is 2.24. The number of carbonyl (C=O) groups excluding carboxylic acids is 1. The van der Waals surface area contributed by atoms with Crippen LogP contribution in [-0.2, 0) is 4.74 Å². The lowest BCUT2D eigenvalue weighted by molar-refractivity contribution is 0.0495. The highest BCUT2D eigenvalue weighted by molar-refractivity contribution is 5.97. The maximum atomic E-state index is 12.0. The Balaban J connectivity index is 2.04. The number of hydrogen-bond acceptors (Lipinski definition) is 4. The lowest BCUT2D eigenvalue weighted by Gasteiger charge is -2.22. The van der Waals surface area contributed by atoms with Crippen molar-refractivity contribution in [2.24, 2.45) is 5.92 Å². The molecule has 5 heteroatoms. The smallest absolute Gasteiger partial charge is 0.255 e. The van der Waals surface area contributed by atoms with Gasteiger partial charge in [0.05, 0.1) is 12.2 Å². The molecule has 20 heavy (non-hydrogen) atoms. The van der Waals surface area contributed by atoms with Crippen LogP contribution >= 0.6 is 0 Å². The molecule has 0 bridgehead atoms. The summed E-state index contributed by atoms with van der Waals surface area (Å²) >= 11 is 0. The normalized spacial score (nSPS) is 15.8. The second kappa shape index (κ2) is 7.14. The van der Waals surface area contributed by atoms with Crippen molar-refractivity contribution in [3.05, 3.63) is 23.8 Å². The van der Waals surface area contributed by atoms with Crippen LogP contribution in [-0.4, -0.2) is 32.3 Å². The molecule has 1 aromatic carbocycles. The van der Waals surface area contributed by atoms with Gasteiger partial charge in [-0.25, -0.2) is 0 Å². The van der Waals surface area contributed by atoms with E-state index in [9.17, 15) is 4.79 Å². The highest BCUT2D eigenvalue weighted by Gasteiger charge is 2.17. The molecule has 0 atom stereocenters. The number of hydrogen-bond donors (Lipinski definition) is 2. The third kappa shape index (κ3) is 3.87. The molecule has 1 aliphatic heterocycles. The maximum absolute atomic E-state index is 12.0. The lowest BCUT2D eigenvalue weighted by Crippen LogP contribution is -2.25. The lowest BCUT2D eigenvalue weighted by atomic mass is 10.0. The summed E-state index contributed by atoms with van der Waals surface area (Å²) in [6.45, 7) is 4.64. The van der Waals surface area contributed by atoms with Crippen LogP contribution in [0.15, 0.2) is 18.2 Å². The van der Waals surface area contributed by atoms with Gasteiger partial charge >= 0.3 is 0 Å². The van der Waals surface area contributed by atoms with Gasteiger partial charge in [0.1, 0.15) is 5.75 Å². The van der Waals surface area contributed by atoms with Gasteiger partial charge < -0.3 is 20.5 Å². The van der Waals surface area contributed by atoms with Crippen LogP contribution in [0.2, 0.25) is 0 Å². The SMILES string of the molecule is CCNC(=O)c1ccc(N)cc1OCC1CCOCC1. The van der Waals surface area contributed by atoms with Crippen molar-refractivity contribution < 1.29 is 14.3 Å². The first-order valence-corrected chi connectivity index (χ1v) is 7.09. The van der Waals surface area contributed by atoms with E-state index in [1.807, 2.05) is 6.92 Å². The zero-order valence-corrected chi connectivity index (χ0v) is 11.9. The second-order valence-electron chi connectivity index (χ2n) is 4.98. The van der Waals surface area contributed by atoms with Crippen molar-refractivity contribution in [1.29, 1.82) is 0 Å². The topological polar surface area (TPSA) is 73.6 Å². The molecule has 3 N–H and O–H groups in total. The molecule has 0 spiro atoms. The first kappa shape index (κ1) is 14.7. The molecule has 0 radical (unpaired) electrons. The van der Waals surface area contributed by atoms with Crippen LogP contribution in [0.25, 0.3) is 0 Å². The zero-order valence-electron chi connectivity index (χ0n) is 11.9. The average Bonchev–Trinajstić information content (AvgIpc) is 2.46. The molecule has 1 fully saturated rings. The van der Waals surface area contributed by atoms with E-state index in [2.05, 4.69) is 5.32 Å². The fourth-order valence-corrected chi connectivity index (χ4v) is 2.22. The molecule has 0 saturated carbocycles. The van der Waals surface area contributed by atoms with E-state index in [0.29, 0.717) is 36.1 Å². The van der Waals surface area contributed by atoms with Gasteiger partial charge in [0.15, 0.2) is 0 Å². The van der Waals surface area contributed by atoms with Gasteiger partial charge in [-0.05, 0) is 37.8 Å². The van der Waals surface area contributed by atoms with E-state index in [-0.39, 0.29) is 5.91 Å². The third-order valence-electron chi connectivity index (χ3n) is 3.40. The van der Waals surface area contributed by atoms with Crippen molar-refractivity contribution in [1.82, 2.24) is 5.32 Å². The van der Waals surface area contributed by atoms with Gasteiger partial charge in [-0.2, -0.15) is 0 Å². The molecule has 0 aromatic heterocycles. The van der Waals surface area contributed by atoms with Crippen molar-refractivity contribution in [3.63, 3.8) is 0 Å². The summed E-state index contributed by atoms with van der Waals surface area (Å²) in [7, 11) is 0. The van der Waals surface area contributed by atoms with Gasteiger partial charge in [0, 0.05) is 31.5 Å². The molecule has 1 saturated heterocycles. The minimum atomic E-state index is -0.130. The Hall–Kier alpha value is -1.75. The van der Waals surface area contributed by atoms with E-state index >= 15 is 0 Å². The molecule has 1 heterocycles. The molecule has 0 aliphatic carbocycles. The number of anilines is 1. The molecule has 0 unspecified atom stereocenters. The predicted octanol–water partition coefficient (Wildman–Crippen LogP) is 1.82. The summed E-state index contributed by atoms with van der Waals surface area (Å²) in [6, 6.07) is 5.13. The van der Waals surface area contributed by atoms with E-state index < -0.39 is 0 Å². The number of rotatable bonds is 5. The molecular weight excluding hydrogens is 256 g/mol. The van der Waals surface area contributed by atoms with Crippen LogP contribution in [0.5, 0.6) is 5.75 Å². The number of ether oxygens (including phenoxy) is 2. The van der Waals surface area contributed by atoms with Crippen LogP contribution in [0.3, 0.4) is 0 Å². The average molecular weight is 278 g/mol. The largest absolute Gasteiger partial charge is 0.492 e. The molecule has 2 rings (SSSR count). The van der Waals surface area contributed by atoms with Gasteiger partial charge in [-0.3, -0.25) is 4.79 Å². The molecule has 110 valence electrons. The first-order valence-electron chi connectivity index (χ1n) is 7.09. The van der Waals surface area contributed by atoms with E-state index in [1.165, 1.54) is 0 Å². The zero-order chi connectivity index (χ0) is 14.4. The third-order valence-corrected chi connectivity index (χ3v) is 3.40. The Morgan fingerprint density at radius 3 is 2.90 bits per heavy atom. The fourth-order valence-electron chi connectivity index (χ4n) is 2.22. The van der Waals surface area contributed by atoms with E-state index in [4.69, 9.17) is 15.2 Å². The Morgan fingerprint density at radius 2 is 2.20 bits per heavy atom. The summed E-state index contributed by atoms with van der Waals surface area (Å²) in [6.07, 6.45) is 2.00. The molecule has 1 amide bonds. The minimum absolute atomic E-state index is 0.130. The second-order valence-corrected chi connectivity index (χ2v) is 4.98.